The summed E-state index contributed by atoms with van der Waals surface area (Å²) >= 11 is 3.36. The van der Waals surface area contributed by atoms with Crippen molar-refractivity contribution in [2.24, 2.45) is 0 Å². The first kappa shape index (κ1) is 17.0. The molecule has 0 aromatic heterocycles. The lowest BCUT2D eigenvalue weighted by molar-refractivity contribution is -0.384. The predicted octanol–water partition coefficient (Wildman–Crippen LogP) is 4.16. The maximum absolute atomic E-state index is 11.8. The molecule has 2 aromatic carbocycles. The summed E-state index contributed by atoms with van der Waals surface area (Å²) in [4.78, 5) is 21.9. The van der Waals surface area contributed by atoms with Crippen molar-refractivity contribution in [3.63, 3.8) is 0 Å². The Balaban J connectivity index is 1.71. The number of nitro groups is 1. The molecule has 0 atom stereocenters. The third-order valence-corrected chi connectivity index (χ3v) is 3.47. The minimum atomic E-state index is -0.481. The highest BCUT2D eigenvalue weighted by atomic mass is 79.9. The van der Waals surface area contributed by atoms with Crippen molar-refractivity contribution >= 4 is 33.2 Å². The topological polar surface area (TPSA) is 81.5 Å². The molecular formula is C16H15BrN2O4. The Labute approximate surface area is 141 Å². The van der Waals surface area contributed by atoms with Crippen LogP contribution in [-0.2, 0) is 4.79 Å². The van der Waals surface area contributed by atoms with Crippen molar-refractivity contribution in [1.82, 2.24) is 0 Å². The van der Waals surface area contributed by atoms with Crippen LogP contribution in [0.15, 0.2) is 53.0 Å². The summed E-state index contributed by atoms with van der Waals surface area (Å²) in [6, 6.07) is 13.2. The fourth-order valence-corrected chi connectivity index (χ4v) is 2.25. The molecule has 0 spiro atoms. The number of halogens is 1. The molecule has 0 aliphatic carbocycles. The van der Waals surface area contributed by atoms with Crippen molar-refractivity contribution in [2.45, 2.75) is 12.8 Å². The van der Waals surface area contributed by atoms with E-state index in [-0.39, 0.29) is 11.6 Å². The molecule has 0 aliphatic rings. The van der Waals surface area contributed by atoms with E-state index in [2.05, 4.69) is 21.2 Å². The van der Waals surface area contributed by atoms with Gasteiger partial charge in [-0.2, -0.15) is 0 Å². The van der Waals surface area contributed by atoms with Crippen molar-refractivity contribution in [2.75, 3.05) is 11.9 Å². The zero-order valence-electron chi connectivity index (χ0n) is 12.2. The van der Waals surface area contributed by atoms with Crippen LogP contribution in [0.2, 0.25) is 0 Å². The maximum Gasteiger partial charge on any atom is 0.269 e. The van der Waals surface area contributed by atoms with Gasteiger partial charge in [0.05, 0.1) is 11.5 Å². The summed E-state index contributed by atoms with van der Waals surface area (Å²) in [6.07, 6.45) is 0.885. The van der Waals surface area contributed by atoms with E-state index < -0.39 is 4.92 Å². The van der Waals surface area contributed by atoms with Crippen LogP contribution in [-0.4, -0.2) is 17.4 Å². The molecule has 1 N–H and O–H groups in total. The SMILES string of the molecule is O=C(CCCOc1cccc(Br)c1)Nc1ccc([N+](=O)[O-])cc1. The average molecular weight is 379 g/mol. The lowest BCUT2D eigenvalue weighted by atomic mass is 10.2. The minimum Gasteiger partial charge on any atom is -0.494 e. The van der Waals surface area contributed by atoms with Crippen molar-refractivity contribution < 1.29 is 14.5 Å². The zero-order valence-corrected chi connectivity index (χ0v) is 13.8. The molecule has 0 bridgehead atoms. The van der Waals surface area contributed by atoms with Gasteiger partial charge in [-0.25, -0.2) is 0 Å². The van der Waals surface area contributed by atoms with Crippen molar-refractivity contribution in [3.8, 4) is 5.75 Å². The van der Waals surface area contributed by atoms with Crippen LogP contribution in [0, 0.1) is 10.1 Å². The molecule has 2 rings (SSSR count). The van der Waals surface area contributed by atoms with E-state index in [4.69, 9.17) is 4.74 Å². The number of non-ortho nitro benzene ring substituents is 1. The lowest BCUT2D eigenvalue weighted by Gasteiger charge is -2.07. The number of hydrogen-bond donors (Lipinski definition) is 1. The quantitative estimate of drug-likeness (QED) is 0.445. The molecule has 0 saturated heterocycles. The fourth-order valence-electron chi connectivity index (χ4n) is 1.87. The third kappa shape index (κ3) is 5.71. The summed E-state index contributed by atoms with van der Waals surface area (Å²) in [7, 11) is 0. The predicted molar refractivity (Wildman–Crippen MR) is 90.6 cm³/mol. The van der Waals surface area contributed by atoms with Crippen LogP contribution in [0.5, 0.6) is 5.75 Å². The van der Waals surface area contributed by atoms with E-state index in [1.54, 1.807) is 0 Å². The molecule has 7 heteroatoms. The van der Waals surface area contributed by atoms with E-state index in [1.165, 1.54) is 24.3 Å². The number of carbonyl (C=O) groups is 1. The number of ether oxygens (including phenoxy) is 1. The minimum absolute atomic E-state index is 0.00887. The molecule has 0 heterocycles. The van der Waals surface area contributed by atoms with Gasteiger partial charge in [-0.05, 0) is 36.8 Å². The van der Waals surface area contributed by atoms with E-state index in [0.29, 0.717) is 25.1 Å². The Kier molecular flexibility index (Phi) is 6.10. The largest absolute Gasteiger partial charge is 0.494 e. The molecular weight excluding hydrogens is 364 g/mol. The van der Waals surface area contributed by atoms with Crippen LogP contribution >= 0.6 is 15.9 Å². The number of carbonyl (C=O) groups excluding carboxylic acids is 1. The highest BCUT2D eigenvalue weighted by molar-refractivity contribution is 9.10. The molecule has 0 unspecified atom stereocenters. The van der Waals surface area contributed by atoms with Gasteiger partial charge in [-0.3, -0.25) is 14.9 Å². The standard InChI is InChI=1S/C16H15BrN2O4/c17-12-3-1-4-15(11-12)23-10-2-5-16(20)18-13-6-8-14(9-7-13)19(21)22/h1,3-4,6-9,11H,2,5,10H2,(H,18,20). The fraction of sp³-hybridized carbons (Fsp3) is 0.188. The number of hydrogen-bond acceptors (Lipinski definition) is 4. The van der Waals surface area contributed by atoms with Gasteiger partial charge in [0.2, 0.25) is 5.91 Å². The van der Waals surface area contributed by atoms with Crippen LogP contribution < -0.4 is 10.1 Å². The zero-order chi connectivity index (χ0) is 16.7. The normalized spacial score (nSPS) is 10.1. The first-order valence-corrected chi connectivity index (χ1v) is 7.76. The smallest absolute Gasteiger partial charge is 0.269 e. The molecule has 6 nitrogen and oxygen atoms in total. The highest BCUT2D eigenvalue weighted by Crippen LogP contribution is 2.18. The van der Waals surface area contributed by atoms with Gasteiger partial charge in [-0.1, -0.05) is 22.0 Å². The first-order chi connectivity index (χ1) is 11.0. The Morgan fingerprint density at radius 1 is 1.22 bits per heavy atom. The summed E-state index contributed by atoms with van der Waals surface area (Å²) in [5, 5.41) is 13.2. The molecule has 23 heavy (non-hydrogen) atoms. The summed E-state index contributed by atoms with van der Waals surface area (Å²) in [5.74, 6) is 0.590. The van der Waals surface area contributed by atoms with Crippen molar-refractivity contribution in [3.05, 3.63) is 63.1 Å². The lowest BCUT2D eigenvalue weighted by Crippen LogP contribution is -2.12. The average Bonchev–Trinajstić information content (AvgIpc) is 2.52. The number of anilines is 1. The number of rotatable bonds is 7. The number of amides is 1. The Hall–Kier alpha value is -2.41. The molecule has 0 fully saturated rings. The second kappa shape index (κ2) is 8.28. The molecule has 120 valence electrons. The summed E-state index contributed by atoms with van der Waals surface area (Å²) < 4.78 is 6.48. The number of benzene rings is 2. The van der Waals surface area contributed by atoms with Gasteiger partial charge >= 0.3 is 0 Å². The molecule has 2 aromatic rings. The number of nitrogens with zero attached hydrogens (tertiary/aromatic N) is 1. The van der Waals surface area contributed by atoms with Gasteiger partial charge in [0.25, 0.3) is 5.69 Å². The molecule has 0 radical (unpaired) electrons. The van der Waals surface area contributed by atoms with E-state index >= 15 is 0 Å². The number of nitro benzene ring substituents is 1. The van der Waals surface area contributed by atoms with Gasteiger partial charge < -0.3 is 10.1 Å². The van der Waals surface area contributed by atoms with Crippen molar-refractivity contribution in [1.29, 1.82) is 0 Å². The second-order valence-corrected chi connectivity index (χ2v) is 5.68. The highest BCUT2D eigenvalue weighted by Gasteiger charge is 2.06. The Morgan fingerprint density at radius 2 is 1.96 bits per heavy atom. The molecule has 0 aliphatic heterocycles. The summed E-state index contributed by atoms with van der Waals surface area (Å²) in [6.45, 7) is 0.435. The van der Waals surface area contributed by atoms with Crippen LogP contribution in [0.25, 0.3) is 0 Å². The molecule has 1 amide bonds. The first-order valence-electron chi connectivity index (χ1n) is 6.97. The molecule has 0 saturated carbocycles. The van der Waals surface area contributed by atoms with Gasteiger partial charge in [0, 0.05) is 28.7 Å². The summed E-state index contributed by atoms with van der Waals surface area (Å²) in [5.41, 5.74) is 0.527. The van der Waals surface area contributed by atoms with Gasteiger partial charge in [0.15, 0.2) is 0 Å². The van der Waals surface area contributed by atoms with E-state index in [0.717, 1.165) is 10.2 Å². The maximum atomic E-state index is 11.8. The monoisotopic (exact) mass is 378 g/mol. The second-order valence-electron chi connectivity index (χ2n) is 4.76. The van der Waals surface area contributed by atoms with Gasteiger partial charge in [0.1, 0.15) is 5.75 Å². The van der Waals surface area contributed by atoms with Crippen LogP contribution in [0.4, 0.5) is 11.4 Å². The Morgan fingerprint density at radius 3 is 2.61 bits per heavy atom. The van der Waals surface area contributed by atoms with E-state index in [9.17, 15) is 14.9 Å². The van der Waals surface area contributed by atoms with E-state index in [1.807, 2.05) is 24.3 Å². The van der Waals surface area contributed by atoms with Gasteiger partial charge in [-0.15, -0.1) is 0 Å². The van der Waals surface area contributed by atoms with Crippen LogP contribution in [0.3, 0.4) is 0 Å². The van der Waals surface area contributed by atoms with Crippen LogP contribution in [0.1, 0.15) is 12.8 Å². The Bertz CT molecular complexity index is 689. The third-order valence-electron chi connectivity index (χ3n) is 2.97. The number of nitrogens with one attached hydrogen (secondary N) is 1.